The molecule has 0 saturated carbocycles. The monoisotopic (exact) mass is 493 g/mol. The lowest BCUT2D eigenvalue weighted by molar-refractivity contribution is -0.143. The van der Waals surface area contributed by atoms with Gasteiger partial charge in [-0.1, -0.05) is 30.3 Å². The summed E-state index contributed by atoms with van der Waals surface area (Å²) >= 11 is 0. The molecule has 0 aliphatic carbocycles. The molecule has 1 aromatic heterocycles. The summed E-state index contributed by atoms with van der Waals surface area (Å²) < 4.78 is 86.2. The second-order valence-corrected chi connectivity index (χ2v) is 7.83. The van der Waals surface area contributed by atoms with Gasteiger partial charge in [-0.15, -0.1) is 0 Å². The highest BCUT2D eigenvalue weighted by molar-refractivity contribution is 5.87. The van der Waals surface area contributed by atoms with Gasteiger partial charge in [-0.05, 0) is 47.5 Å². The second-order valence-electron chi connectivity index (χ2n) is 7.83. The van der Waals surface area contributed by atoms with Crippen LogP contribution in [0.1, 0.15) is 22.3 Å². The number of hydrogen-bond acceptors (Lipinski definition) is 2. The van der Waals surface area contributed by atoms with E-state index in [0.717, 1.165) is 10.9 Å². The molecule has 4 rings (SSSR count). The van der Waals surface area contributed by atoms with Gasteiger partial charge in [0.15, 0.2) is 0 Å². The van der Waals surface area contributed by atoms with E-state index < -0.39 is 35.2 Å². The number of para-hydroxylation sites is 1. The summed E-state index contributed by atoms with van der Waals surface area (Å²) in [4.78, 5) is 11.2. The van der Waals surface area contributed by atoms with E-state index in [9.17, 15) is 36.2 Å². The lowest BCUT2D eigenvalue weighted by atomic mass is 10.1. The van der Waals surface area contributed by atoms with Crippen molar-refractivity contribution in [2.24, 2.45) is 0 Å². The maximum absolute atomic E-state index is 13.4. The van der Waals surface area contributed by atoms with Gasteiger partial charge in [-0.3, -0.25) is 4.79 Å². The van der Waals surface area contributed by atoms with Gasteiger partial charge in [0.05, 0.1) is 17.5 Å². The van der Waals surface area contributed by atoms with Crippen molar-refractivity contribution in [1.82, 2.24) is 4.57 Å². The molecule has 10 heteroatoms. The predicted molar refractivity (Wildman–Crippen MR) is 115 cm³/mol. The normalized spacial score (nSPS) is 12.2. The minimum absolute atomic E-state index is 0.00924. The molecule has 4 nitrogen and oxygen atoms in total. The molecular formula is C25H17F6NO3. The maximum Gasteiger partial charge on any atom is 0.420 e. The topological polar surface area (TPSA) is 51.5 Å². The van der Waals surface area contributed by atoms with Crippen molar-refractivity contribution in [2.75, 3.05) is 0 Å². The Morgan fingerprint density at radius 3 is 2.31 bits per heavy atom. The van der Waals surface area contributed by atoms with E-state index in [1.54, 1.807) is 36.5 Å². The second kappa shape index (κ2) is 9.01. The van der Waals surface area contributed by atoms with Crippen LogP contribution in [0.25, 0.3) is 10.9 Å². The van der Waals surface area contributed by atoms with E-state index in [2.05, 4.69) is 0 Å². The number of nitrogens with zero attached hydrogens (tertiary/aromatic N) is 1. The quantitative estimate of drug-likeness (QED) is 0.290. The summed E-state index contributed by atoms with van der Waals surface area (Å²) in [5.74, 6) is -1.73. The van der Waals surface area contributed by atoms with Gasteiger partial charge in [0.1, 0.15) is 11.5 Å². The molecule has 0 aliphatic heterocycles. The highest BCUT2D eigenvalue weighted by atomic mass is 19.4. The molecule has 0 fully saturated rings. The van der Waals surface area contributed by atoms with Crippen molar-refractivity contribution < 1.29 is 41.0 Å². The van der Waals surface area contributed by atoms with Crippen LogP contribution >= 0.6 is 0 Å². The third-order valence-corrected chi connectivity index (χ3v) is 5.30. The summed E-state index contributed by atoms with van der Waals surface area (Å²) in [7, 11) is 0. The number of hydrogen-bond donors (Lipinski definition) is 1. The average Bonchev–Trinajstić information content (AvgIpc) is 3.09. The standard InChI is InChI=1S/C25H17F6NO3/c26-24(27,28)17-8-9-22(20(12-17)25(29,30)31)35-18-5-3-4-15(10-18)13-32-14-16(11-23(33)34)19-6-1-2-7-21(19)32/h1-10,12,14H,11,13H2,(H,33,34). The Kier molecular flexibility index (Phi) is 6.23. The van der Waals surface area contributed by atoms with Gasteiger partial charge in [0, 0.05) is 23.6 Å². The van der Waals surface area contributed by atoms with Gasteiger partial charge in [0.25, 0.3) is 0 Å². The minimum Gasteiger partial charge on any atom is -0.481 e. The molecule has 0 amide bonds. The lowest BCUT2D eigenvalue weighted by Crippen LogP contribution is -2.12. The van der Waals surface area contributed by atoms with E-state index in [-0.39, 0.29) is 24.8 Å². The number of aromatic nitrogens is 1. The molecule has 0 atom stereocenters. The largest absolute Gasteiger partial charge is 0.481 e. The van der Waals surface area contributed by atoms with Crippen LogP contribution in [-0.2, 0) is 30.1 Å². The van der Waals surface area contributed by atoms with Gasteiger partial charge < -0.3 is 14.4 Å². The van der Waals surface area contributed by atoms with E-state index in [4.69, 9.17) is 4.74 Å². The number of alkyl halides is 6. The number of carbonyl (C=O) groups is 1. The molecule has 0 bridgehead atoms. The molecule has 0 radical (unpaired) electrons. The van der Waals surface area contributed by atoms with E-state index in [1.165, 1.54) is 12.1 Å². The van der Waals surface area contributed by atoms with E-state index >= 15 is 0 Å². The van der Waals surface area contributed by atoms with Crippen LogP contribution in [0, 0.1) is 0 Å². The number of rotatable bonds is 6. The highest BCUT2D eigenvalue weighted by Crippen LogP contribution is 2.41. The Bertz CT molecular complexity index is 1390. The van der Waals surface area contributed by atoms with E-state index in [1.807, 2.05) is 10.6 Å². The number of carboxylic acid groups (broad SMARTS) is 1. The molecule has 182 valence electrons. The number of halogens is 6. The fourth-order valence-electron chi connectivity index (χ4n) is 3.81. The number of ether oxygens (including phenoxy) is 1. The summed E-state index contributed by atoms with van der Waals surface area (Å²) in [5, 5.41) is 9.94. The summed E-state index contributed by atoms with van der Waals surface area (Å²) in [5.41, 5.74) is -0.946. The first-order valence-electron chi connectivity index (χ1n) is 10.3. The summed E-state index contributed by atoms with van der Waals surface area (Å²) in [6.45, 7) is 0.260. The van der Waals surface area contributed by atoms with Crippen molar-refractivity contribution in [3.63, 3.8) is 0 Å². The van der Waals surface area contributed by atoms with Crippen molar-refractivity contribution in [3.05, 3.63) is 95.2 Å². The molecule has 0 aliphatic rings. The highest BCUT2D eigenvalue weighted by Gasteiger charge is 2.39. The minimum atomic E-state index is -5.06. The van der Waals surface area contributed by atoms with Crippen LogP contribution in [0.2, 0.25) is 0 Å². The van der Waals surface area contributed by atoms with Crippen molar-refractivity contribution in [3.8, 4) is 11.5 Å². The fraction of sp³-hybridized carbons (Fsp3) is 0.160. The average molecular weight is 493 g/mol. The van der Waals surface area contributed by atoms with Gasteiger partial charge >= 0.3 is 18.3 Å². The SMILES string of the molecule is O=C(O)Cc1cn(Cc2cccc(Oc3ccc(C(F)(F)F)cc3C(F)(F)F)c2)c2ccccc12. The Balaban J connectivity index is 1.65. The van der Waals surface area contributed by atoms with Crippen molar-refractivity contribution in [1.29, 1.82) is 0 Å². The van der Waals surface area contributed by atoms with Crippen LogP contribution in [-0.4, -0.2) is 15.6 Å². The Hall–Kier alpha value is -3.95. The Morgan fingerprint density at radius 2 is 1.63 bits per heavy atom. The molecule has 3 aromatic carbocycles. The third-order valence-electron chi connectivity index (χ3n) is 5.30. The van der Waals surface area contributed by atoms with Crippen molar-refractivity contribution in [2.45, 2.75) is 25.3 Å². The van der Waals surface area contributed by atoms with Crippen molar-refractivity contribution >= 4 is 16.9 Å². The predicted octanol–water partition coefficient (Wildman–Crippen LogP) is 7.15. The van der Waals surface area contributed by atoms with E-state index in [0.29, 0.717) is 23.3 Å². The molecular weight excluding hydrogens is 476 g/mol. The van der Waals surface area contributed by atoms with Crippen LogP contribution in [0.15, 0.2) is 72.9 Å². The van der Waals surface area contributed by atoms with Crippen LogP contribution in [0.5, 0.6) is 11.5 Å². The molecule has 1 N–H and O–H groups in total. The molecule has 35 heavy (non-hydrogen) atoms. The first-order valence-corrected chi connectivity index (χ1v) is 10.3. The Morgan fingerprint density at radius 1 is 0.886 bits per heavy atom. The van der Waals surface area contributed by atoms with Gasteiger partial charge in [-0.2, -0.15) is 26.3 Å². The van der Waals surface area contributed by atoms with Gasteiger partial charge in [-0.25, -0.2) is 0 Å². The fourth-order valence-corrected chi connectivity index (χ4v) is 3.81. The smallest absolute Gasteiger partial charge is 0.420 e. The molecule has 0 saturated heterocycles. The third kappa shape index (κ3) is 5.42. The Labute approximate surface area is 195 Å². The first kappa shape index (κ1) is 24.2. The number of aliphatic carboxylic acids is 1. The lowest BCUT2D eigenvalue weighted by Gasteiger charge is -2.16. The number of carboxylic acids is 1. The number of benzene rings is 3. The van der Waals surface area contributed by atoms with Gasteiger partial charge in [0.2, 0.25) is 0 Å². The molecule has 0 unspecified atom stereocenters. The zero-order chi connectivity index (χ0) is 25.4. The number of fused-ring (bicyclic) bond motifs is 1. The maximum atomic E-state index is 13.4. The van der Waals surface area contributed by atoms with Crippen LogP contribution in [0.3, 0.4) is 0 Å². The van der Waals surface area contributed by atoms with Crippen LogP contribution in [0.4, 0.5) is 26.3 Å². The molecule has 1 heterocycles. The summed E-state index contributed by atoms with van der Waals surface area (Å²) in [6.07, 6.45) is -8.47. The molecule has 0 spiro atoms. The summed E-state index contributed by atoms with van der Waals surface area (Å²) in [6, 6.07) is 14.5. The zero-order valence-electron chi connectivity index (χ0n) is 17.8. The molecule has 4 aromatic rings. The van der Waals surface area contributed by atoms with Crippen LogP contribution < -0.4 is 4.74 Å². The zero-order valence-corrected chi connectivity index (χ0v) is 17.8. The first-order chi connectivity index (χ1) is 16.4.